The summed E-state index contributed by atoms with van der Waals surface area (Å²) in [5, 5.41) is 10.9. The van der Waals surface area contributed by atoms with E-state index in [1.807, 2.05) is 30.3 Å². The van der Waals surface area contributed by atoms with Crippen LogP contribution in [0.5, 0.6) is 5.75 Å². The van der Waals surface area contributed by atoms with Gasteiger partial charge in [0.1, 0.15) is 0 Å². The van der Waals surface area contributed by atoms with E-state index >= 15 is 0 Å². The highest BCUT2D eigenvalue weighted by Crippen LogP contribution is 2.29. The van der Waals surface area contributed by atoms with E-state index in [1.54, 1.807) is 25.1 Å². The van der Waals surface area contributed by atoms with Crippen LogP contribution in [0, 0.1) is 0 Å². The van der Waals surface area contributed by atoms with Crippen molar-refractivity contribution in [2.45, 2.75) is 6.92 Å². The zero-order chi connectivity index (χ0) is 16.4. The molecule has 3 aromatic rings. The zero-order valence-electron chi connectivity index (χ0n) is 12.5. The van der Waals surface area contributed by atoms with Crippen LogP contribution in [0.4, 0.5) is 0 Å². The Morgan fingerprint density at radius 3 is 2.52 bits per heavy atom. The number of esters is 1. The quantitative estimate of drug-likeness (QED) is 0.729. The predicted octanol–water partition coefficient (Wildman–Crippen LogP) is 3.08. The molecule has 0 aliphatic rings. The van der Waals surface area contributed by atoms with Crippen LogP contribution >= 0.6 is 0 Å². The lowest BCUT2D eigenvalue weighted by atomic mass is 10.0. The molecule has 5 nitrogen and oxygen atoms in total. The number of carbonyl (C=O) groups is 1. The summed E-state index contributed by atoms with van der Waals surface area (Å²) in [4.78, 5) is 26.5. The van der Waals surface area contributed by atoms with Crippen LogP contribution in [0.1, 0.15) is 17.4 Å². The van der Waals surface area contributed by atoms with Crippen molar-refractivity contribution >= 4 is 16.7 Å². The maximum atomic E-state index is 12.3. The van der Waals surface area contributed by atoms with Crippen molar-refractivity contribution in [3.8, 4) is 16.9 Å². The van der Waals surface area contributed by atoms with Crippen LogP contribution in [0.2, 0.25) is 0 Å². The molecule has 5 heteroatoms. The van der Waals surface area contributed by atoms with Crippen LogP contribution in [0.25, 0.3) is 21.9 Å². The van der Waals surface area contributed by atoms with Crippen molar-refractivity contribution in [2.24, 2.45) is 0 Å². The number of aromatic nitrogens is 1. The zero-order valence-corrected chi connectivity index (χ0v) is 12.5. The van der Waals surface area contributed by atoms with Gasteiger partial charge in [-0.3, -0.25) is 4.79 Å². The number of fused-ring (bicyclic) bond motifs is 1. The number of nitrogens with one attached hydrogen (secondary N) is 1. The Bertz CT molecular complexity index is 929. The van der Waals surface area contributed by atoms with Gasteiger partial charge in [-0.1, -0.05) is 36.4 Å². The van der Waals surface area contributed by atoms with Crippen molar-refractivity contribution in [3.05, 3.63) is 64.6 Å². The average molecular weight is 309 g/mol. The maximum absolute atomic E-state index is 12.3. The predicted molar refractivity (Wildman–Crippen MR) is 87.6 cm³/mol. The van der Waals surface area contributed by atoms with E-state index < -0.39 is 11.5 Å². The highest BCUT2D eigenvalue weighted by Gasteiger charge is 2.18. The Labute approximate surface area is 132 Å². The lowest BCUT2D eigenvalue weighted by Crippen LogP contribution is -2.15. The summed E-state index contributed by atoms with van der Waals surface area (Å²) >= 11 is 0. The summed E-state index contributed by atoms with van der Waals surface area (Å²) in [5.74, 6) is -1.03. The number of carbonyl (C=O) groups excluding carboxylic acids is 1. The highest BCUT2D eigenvalue weighted by atomic mass is 16.5. The van der Waals surface area contributed by atoms with Gasteiger partial charge < -0.3 is 14.8 Å². The Kier molecular flexibility index (Phi) is 3.85. The van der Waals surface area contributed by atoms with Gasteiger partial charge in [-0.2, -0.15) is 0 Å². The van der Waals surface area contributed by atoms with E-state index in [0.717, 1.165) is 11.1 Å². The Hall–Kier alpha value is -3.08. The number of ether oxygens (including phenoxy) is 1. The third-order valence-electron chi connectivity index (χ3n) is 3.58. The first-order valence-electron chi connectivity index (χ1n) is 7.23. The van der Waals surface area contributed by atoms with Gasteiger partial charge >= 0.3 is 5.97 Å². The number of rotatable bonds is 3. The molecular formula is C18H15NO4. The normalized spacial score (nSPS) is 10.7. The van der Waals surface area contributed by atoms with E-state index in [9.17, 15) is 14.7 Å². The van der Waals surface area contributed by atoms with E-state index in [2.05, 4.69) is 4.98 Å². The summed E-state index contributed by atoms with van der Waals surface area (Å²) in [7, 11) is 0. The summed E-state index contributed by atoms with van der Waals surface area (Å²) in [6.45, 7) is 1.81. The van der Waals surface area contributed by atoms with Crippen LogP contribution in [-0.2, 0) is 4.74 Å². The Balaban J connectivity index is 2.19. The minimum atomic E-state index is -0.754. The molecule has 0 unspecified atom stereocenters. The number of aromatic amines is 1. The van der Waals surface area contributed by atoms with Crippen LogP contribution in [0.15, 0.2) is 53.3 Å². The molecule has 0 saturated heterocycles. The average Bonchev–Trinajstić information content (AvgIpc) is 2.58. The Morgan fingerprint density at radius 1 is 1.09 bits per heavy atom. The molecule has 1 heterocycles. The summed E-state index contributed by atoms with van der Waals surface area (Å²) in [6.07, 6.45) is 0. The lowest BCUT2D eigenvalue weighted by molar-refractivity contribution is 0.0516. The molecule has 0 fully saturated rings. The van der Waals surface area contributed by atoms with E-state index in [4.69, 9.17) is 4.74 Å². The van der Waals surface area contributed by atoms with E-state index in [0.29, 0.717) is 10.8 Å². The van der Waals surface area contributed by atoms with Crippen LogP contribution in [0.3, 0.4) is 0 Å². The van der Waals surface area contributed by atoms with E-state index in [1.165, 1.54) is 0 Å². The third kappa shape index (κ3) is 2.68. The summed E-state index contributed by atoms with van der Waals surface area (Å²) in [5.41, 5.74) is 1.14. The first-order valence-corrected chi connectivity index (χ1v) is 7.23. The number of pyridine rings is 1. The van der Waals surface area contributed by atoms with Crippen molar-refractivity contribution in [2.75, 3.05) is 6.61 Å². The van der Waals surface area contributed by atoms with Crippen LogP contribution in [-0.4, -0.2) is 22.7 Å². The number of aromatic hydroxyl groups is 1. The van der Waals surface area contributed by atoms with Crippen molar-refractivity contribution < 1.29 is 14.6 Å². The van der Waals surface area contributed by atoms with Crippen molar-refractivity contribution in [1.29, 1.82) is 0 Å². The number of H-pyrrole nitrogens is 1. The number of benzene rings is 2. The maximum Gasteiger partial charge on any atom is 0.358 e. The topological polar surface area (TPSA) is 79.4 Å². The third-order valence-corrected chi connectivity index (χ3v) is 3.58. The van der Waals surface area contributed by atoms with Gasteiger partial charge in [-0.15, -0.1) is 0 Å². The molecule has 0 aliphatic carbocycles. The molecule has 0 spiro atoms. The highest BCUT2D eigenvalue weighted by molar-refractivity contribution is 5.99. The molecule has 0 saturated carbocycles. The van der Waals surface area contributed by atoms with E-state index in [-0.39, 0.29) is 18.1 Å². The standard InChI is InChI=1S/C18H15NO4/c1-2-23-18(22)15-16(20)13-9-8-12(10-14(13)17(21)19-15)11-6-4-3-5-7-11/h3-10,20H,2H2,1H3,(H,19,21). The molecule has 23 heavy (non-hydrogen) atoms. The largest absolute Gasteiger partial charge is 0.505 e. The molecule has 0 bridgehead atoms. The fraction of sp³-hybridized carbons (Fsp3) is 0.111. The second-order valence-electron chi connectivity index (χ2n) is 5.02. The smallest absolute Gasteiger partial charge is 0.358 e. The van der Waals surface area contributed by atoms with Gasteiger partial charge in [0.2, 0.25) is 0 Å². The van der Waals surface area contributed by atoms with Gasteiger partial charge in [-0.25, -0.2) is 4.79 Å². The second kappa shape index (κ2) is 5.96. The first kappa shape index (κ1) is 14.8. The number of hydrogen-bond acceptors (Lipinski definition) is 4. The molecule has 3 rings (SSSR count). The molecule has 1 aromatic heterocycles. The second-order valence-corrected chi connectivity index (χ2v) is 5.02. The lowest BCUT2D eigenvalue weighted by Gasteiger charge is -2.08. The first-order chi connectivity index (χ1) is 11.1. The molecular weight excluding hydrogens is 294 g/mol. The van der Waals surface area contributed by atoms with Crippen LogP contribution < -0.4 is 5.56 Å². The van der Waals surface area contributed by atoms with Gasteiger partial charge in [-0.05, 0) is 30.2 Å². The molecule has 0 atom stereocenters. The minimum Gasteiger partial charge on any atom is -0.505 e. The van der Waals surface area contributed by atoms with Gasteiger partial charge in [0, 0.05) is 5.39 Å². The summed E-state index contributed by atoms with van der Waals surface area (Å²) in [6, 6.07) is 14.7. The van der Waals surface area contributed by atoms with Gasteiger partial charge in [0.05, 0.1) is 12.0 Å². The SMILES string of the molecule is CCOC(=O)c1[nH]c(=O)c2cc(-c3ccccc3)ccc2c1O. The van der Waals surface area contributed by atoms with Gasteiger partial charge in [0.25, 0.3) is 5.56 Å². The fourth-order valence-electron chi connectivity index (χ4n) is 2.47. The molecule has 2 N–H and O–H groups in total. The molecule has 0 amide bonds. The fourth-order valence-corrected chi connectivity index (χ4v) is 2.47. The molecule has 2 aromatic carbocycles. The monoisotopic (exact) mass is 309 g/mol. The van der Waals surface area contributed by atoms with Crippen molar-refractivity contribution in [3.63, 3.8) is 0 Å². The summed E-state index contributed by atoms with van der Waals surface area (Å²) < 4.78 is 4.84. The van der Waals surface area contributed by atoms with Gasteiger partial charge in [0.15, 0.2) is 11.4 Å². The number of hydrogen-bond donors (Lipinski definition) is 2. The molecule has 0 radical (unpaired) electrons. The minimum absolute atomic E-state index is 0.158. The Morgan fingerprint density at radius 2 is 1.83 bits per heavy atom. The molecule has 116 valence electrons. The van der Waals surface area contributed by atoms with Crippen molar-refractivity contribution in [1.82, 2.24) is 4.98 Å². The molecule has 0 aliphatic heterocycles.